The van der Waals surface area contributed by atoms with Crippen molar-refractivity contribution in [2.24, 2.45) is 0 Å². The highest BCUT2D eigenvalue weighted by atomic mass is 19.1. The van der Waals surface area contributed by atoms with Gasteiger partial charge in [0.15, 0.2) is 11.5 Å². The Morgan fingerprint density at radius 1 is 1.03 bits per heavy atom. The summed E-state index contributed by atoms with van der Waals surface area (Å²) in [5.41, 5.74) is 3.25. The summed E-state index contributed by atoms with van der Waals surface area (Å²) in [6.45, 7) is 1.18. The number of imidazole rings is 1. The molecule has 0 radical (unpaired) electrons. The predicted octanol–water partition coefficient (Wildman–Crippen LogP) is 5.95. The van der Waals surface area contributed by atoms with Crippen LogP contribution < -0.4 is 0 Å². The van der Waals surface area contributed by atoms with Gasteiger partial charge in [0.25, 0.3) is 11.6 Å². The minimum absolute atomic E-state index is 0.130. The lowest BCUT2D eigenvalue weighted by Crippen LogP contribution is -2.38. The Morgan fingerprint density at radius 2 is 1.76 bits per heavy atom. The number of fused-ring (bicyclic) bond motifs is 1. The number of rotatable bonds is 5. The van der Waals surface area contributed by atoms with Crippen LogP contribution in [0.25, 0.3) is 33.5 Å². The molecule has 3 aromatic carbocycles. The van der Waals surface area contributed by atoms with Gasteiger partial charge >= 0.3 is 0 Å². The summed E-state index contributed by atoms with van der Waals surface area (Å²) in [5, 5.41) is 15.0. The molecule has 10 heteroatoms. The fraction of sp³-hybridized carbons (Fsp3) is 0.179. The Kier molecular flexibility index (Phi) is 5.91. The number of halogens is 1. The SMILES string of the molecule is O=C(c1cc(-c2ccc(-c3cc([N+](=O)[O-])ccc3F)cc2)on1)N1CCC(c2nc3ccccc3[nH]2)CC1. The summed E-state index contributed by atoms with van der Waals surface area (Å²) in [6.07, 6.45) is 1.60. The molecule has 0 saturated carbocycles. The van der Waals surface area contributed by atoms with Crippen molar-refractivity contribution in [3.05, 3.63) is 100 Å². The summed E-state index contributed by atoms with van der Waals surface area (Å²) < 4.78 is 19.7. The number of para-hydroxylation sites is 2. The maximum absolute atomic E-state index is 14.3. The third-order valence-corrected chi connectivity index (χ3v) is 6.95. The van der Waals surface area contributed by atoms with Gasteiger partial charge in [-0.25, -0.2) is 9.37 Å². The van der Waals surface area contributed by atoms with Crippen LogP contribution in [0.3, 0.4) is 0 Å². The third-order valence-electron chi connectivity index (χ3n) is 6.95. The number of aromatic amines is 1. The first-order valence-corrected chi connectivity index (χ1v) is 12.2. The van der Waals surface area contributed by atoms with Gasteiger partial charge in [-0.15, -0.1) is 0 Å². The normalized spacial score (nSPS) is 14.2. The number of hydrogen-bond acceptors (Lipinski definition) is 6. The Bertz CT molecular complexity index is 1620. The van der Waals surface area contributed by atoms with Crippen molar-refractivity contribution >= 4 is 22.6 Å². The Labute approximate surface area is 216 Å². The summed E-state index contributed by atoms with van der Waals surface area (Å²) in [5.74, 6) is 0.860. The van der Waals surface area contributed by atoms with Crippen LogP contribution in [-0.2, 0) is 0 Å². The highest BCUT2D eigenvalue weighted by Gasteiger charge is 2.28. The smallest absolute Gasteiger partial charge is 0.276 e. The van der Waals surface area contributed by atoms with Gasteiger partial charge in [-0.3, -0.25) is 14.9 Å². The monoisotopic (exact) mass is 511 g/mol. The number of nitrogens with one attached hydrogen (secondary N) is 1. The molecule has 5 aromatic rings. The average molecular weight is 512 g/mol. The van der Waals surface area contributed by atoms with E-state index in [-0.39, 0.29) is 28.8 Å². The number of hydrogen-bond donors (Lipinski definition) is 1. The quantitative estimate of drug-likeness (QED) is 0.230. The van der Waals surface area contributed by atoms with Crippen molar-refractivity contribution in [2.75, 3.05) is 13.1 Å². The van der Waals surface area contributed by atoms with Crippen molar-refractivity contribution in [1.82, 2.24) is 20.0 Å². The van der Waals surface area contributed by atoms with Crippen LogP contribution in [0.2, 0.25) is 0 Å². The summed E-state index contributed by atoms with van der Waals surface area (Å²) in [4.78, 5) is 33.4. The zero-order valence-corrected chi connectivity index (χ0v) is 20.1. The van der Waals surface area contributed by atoms with Crippen molar-refractivity contribution < 1.29 is 18.6 Å². The van der Waals surface area contributed by atoms with E-state index in [0.29, 0.717) is 30.0 Å². The number of carbonyl (C=O) groups is 1. The van der Waals surface area contributed by atoms with Gasteiger partial charge in [0.2, 0.25) is 0 Å². The van der Waals surface area contributed by atoms with E-state index in [1.165, 1.54) is 6.07 Å². The third kappa shape index (κ3) is 4.40. The predicted molar refractivity (Wildman–Crippen MR) is 138 cm³/mol. The molecule has 1 fully saturated rings. The fourth-order valence-corrected chi connectivity index (χ4v) is 4.86. The maximum atomic E-state index is 14.3. The van der Waals surface area contributed by atoms with Crippen molar-refractivity contribution in [3.63, 3.8) is 0 Å². The molecule has 0 spiro atoms. The first kappa shape index (κ1) is 23.5. The first-order valence-electron chi connectivity index (χ1n) is 12.2. The number of likely N-dealkylation sites (tertiary alicyclic amines) is 1. The highest BCUT2D eigenvalue weighted by Crippen LogP contribution is 2.31. The van der Waals surface area contributed by atoms with Gasteiger partial charge in [0.05, 0.1) is 16.0 Å². The molecule has 2 aromatic heterocycles. The minimum Gasteiger partial charge on any atom is -0.355 e. The molecule has 0 aliphatic carbocycles. The van der Waals surface area contributed by atoms with E-state index >= 15 is 0 Å². The number of aromatic nitrogens is 3. The zero-order chi connectivity index (χ0) is 26.2. The van der Waals surface area contributed by atoms with Gasteiger partial charge in [0.1, 0.15) is 11.6 Å². The van der Waals surface area contributed by atoms with Crippen LogP contribution >= 0.6 is 0 Å². The van der Waals surface area contributed by atoms with Crippen LogP contribution in [-0.4, -0.2) is 43.9 Å². The van der Waals surface area contributed by atoms with Gasteiger partial charge in [0, 0.05) is 48.3 Å². The molecule has 1 N–H and O–H groups in total. The highest BCUT2D eigenvalue weighted by molar-refractivity contribution is 5.93. The van der Waals surface area contributed by atoms with Crippen LogP contribution in [0, 0.1) is 15.9 Å². The molecule has 1 amide bonds. The number of carbonyl (C=O) groups excluding carboxylic acids is 1. The van der Waals surface area contributed by atoms with E-state index in [0.717, 1.165) is 41.8 Å². The van der Waals surface area contributed by atoms with Crippen LogP contribution in [0.1, 0.15) is 35.1 Å². The number of nitro benzene ring substituents is 1. The van der Waals surface area contributed by atoms with E-state index in [2.05, 4.69) is 10.1 Å². The number of H-pyrrole nitrogens is 1. The van der Waals surface area contributed by atoms with E-state index in [4.69, 9.17) is 9.51 Å². The van der Waals surface area contributed by atoms with Gasteiger partial charge in [-0.05, 0) is 36.6 Å². The van der Waals surface area contributed by atoms with E-state index in [9.17, 15) is 19.3 Å². The first-order chi connectivity index (χ1) is 18.5. The molecule has 0 bridgehead atoms. The van der Waals surface area contributed by atoms with Crippen molar-refractivity contribution in [2.45, 2.75) is 18.8 Å². The lowest BCUT2D eigenvalue weighted by atomic mass is 9.96. The number of benzene rings is 3. The van der Waals surface area contributed by atoms with Crippen LogP contribution in [0.4, 0.5) is 10.1 Å². The number of amides is 1. The molecule has 0 unspecified atom stereocenters. The lowest BCUT2D eigenvalue weighted by molar-refractivity contribution is -0.384. The molecule has 0 atom stereocenters. The molecule has 3 heterocycles. The topological polar surface area (TPSA) is 118 Å². The number of nitro groups is 1. The van der Waals surface area contributed by atoms with E-state index in [1.807, 2.05) is 24.3 Å². The van der Waals surface area contributed by atoms with Gasteiger partial charge in [-0.1, -0.05) is 41.6 Å². The molecule has 1 saturated heterocycles. The molecular formula is C28H22FN5O4. The second kappa shape index (κ2) is 9.55. The number of non-ortho nitro benzene ring substituents is 1. The van der Waals surface area contributed by atoms with E-state index in [1.54, 1.807) is 35.2 Å². The Balaban J connectivity index is 1.13. The molecular weight excluding hydrogens is 489 g/mol. The Hall–Kier alpha value is -4.86. The molecule has 1 aliphatic heterocycles. The zero-order valence-electron chi connectivity index (χ0n) is 20.1. The van der Waals surface area contributed by atoms with Crippen molar-refractivity contribution in [1.29, 1.82) is 0 Å². The van der Waals surface area contributed by atoms with Gasteiger partial charge in [-0.2, -0.15) is 0 Å². The second-order valence-corrected chi connectivity index (χ2v) is 9.28. The van der Waals surface area contributed by atoms with Gasteiger partial charge < -0.3 is 14.4 Å². The average Bonchev–Trinajstić information content (AvgIpc) is 3.61. The number of nitrogens with zero attached hydrogens (tertiary/aromatic N) is 4. The largest absolute Gasteiger partial charge is 0.355 e. The molecule has 6 rings (SSSR count). The second-order valence-electron chi connectivity index (χ2n) is 9.28. The molecule has 38 heavy (non-hydrogen) atoms. The molecule has 190 valence electrons. The summed E-state index contributed by atoms with van der Waals surface area (Å²) in [6, 6.07) is 19.6. The Morgan fingerprint density at radius 3 is 2.50 bits per heavy atom. The number of piperidine rings is 1. The molecule has 1 aliphatic rings. The van der Waals surface area contributed by atoms with Crippen LogP contribution in [0.5, 0.6) is 0 Å². The molecule has 9 nitrogen and oxygen atoms in total. The summed E-state index contributed by atoms with van der Waals surface area (Å²) >= 11 is 0. The summed E-state index contributed by atoms with van der Waals surface area (Å²) in [7, 11) is 0. The maximum Gasteiger partial charge on any atom is 0.276 e. The van der Waals surface area contributed by atoms with Crippen molar-refractivity contribution in [3.8, 4) is 22.5 Å². The lowest BCUT2D eigenvalue weighted by Gasteiger charge is -2.30. The van der Waals surface area contributed by atoms with E-state index < -0.39 is 10.7 Å². The minimum atomic E-state index is -0.564. The van der Waals surface area contributed by atoms with Crippen LogP contribution in [0.15, 0.2) is 77.3 Å². The fourth-order valence-electron chi connectivity index (χ4n) is 4.86. The standard InChI is InChI=1S/C28H22FN5O4/c29-22-10-9-20(34(36)37)15-21(22)17-5-7-18(8-6-17)26-16-25(32-38-26)28(35)33-13-11-19(12-14-33)27-30-23-3-1-2-4-24(23)31-27/h1-10,15-16,19H,11-14H2,(H,30,31).